The lowest BCUT2D eigenvalue weighted by Crippen LogP contribution is -2.38. The molecule has 1 unspecified atom stereocenters. The molecule has 0 spiro atoms. The number of carboxylic acids is 1. The fourth-order valence-electron chi connectivity index (χ4n) is 4.04. The van der Waals surface area contributed by atoms with Crippen LogP contribution < -0.4 is 0 Å². The predicted molar refractivity (Wildman–Crippen MR) is 121 cm³/mol. The van der Waals surface area contributed by atoms with Crippen molar-refractivity contribution in [1.29, 1.82) is 0 Å². The average molecular weight is 430 g/mol. The molecule has 0 radical (unpaired) electrons. The summed E-state index contributed by atoms with van der Waals surface area (Å²) in [5.41, 5.74) is 2.30. The van der Waals surface area contributed by atoms with E-state index in [1.807, 2.05) is 18.2 Å². The number of aliphatic carboxylic acids is 1. The largest absolute Gasteiger partial charge is 0.481 e. The molecule has 1 N–H and O–H groups in total. The van der Waals surface area contributed by atoms with Gasteiger partial charge in [0.05, 0.1) is 6.10 Å². The van der Waals surface area contributed by atoms with Crippen LogP contribution in [-0.2, 0) is 9.53 Å². The number of benzene rings is 2. The average Bonchev–Trinajstić information content (AvgIpc) is 2.76. The van der Waals surface area contributed by atoms with E-state index in [-0.39, 0.29) is 12.2 Å². The summed E-state index contributed by atoms with van der Waals surface area (Å²) in [5.74, 6) is -0.690. The zero-order chi connectivity index (χ0) is 21.2. The lowest BCUT2D eigenvalue weighted by molar-refractivity contribution is -0.137. The summed E-state index contributed by atoms with van der Waals surface area (Å²) in [6, 6.07) is 18.4. The third kappa shape index (κ3) is 7.42. The van der Waals surface area contributed by atoms with Crippen molar-refractivity contribution in [2.75, 3.05) is 19.6 Å². The van der Waals surface area contributed by atoms with Gasteiger partial charge in [-0.3, -0.25) is 4.79 Å². The number of unbranched alkanes of at least 4 members (excludes halogenated alkanes) is 3. The van der Waals surface area contributed by atoms with Crippen molar-refractivity contribution in [2.45, 2.75) is 57.2 Å². The number of carboxylic acid groups (broad SMARTS) is 1. The lowest BCUT2D eigenvalue weighted by atomic mass is 10.00. The van der Waals surface area contributed by atoms with Gasteiger partial charge in [0, 0.05) is 24.5 Å². The molecule has 2 aromatic carbocycles. The van der Waals surface area contributed by atoms with Crippen LogP contribution in [0.1, 0.15) is 62.2 Å². The molecule has 0 bridgehead atoms. The first-order valence-corrected chi connectivity index (χ1v) is 11.4. The molecule has 1 saturated heterocycles. The SMILES string of the molecule is O=C(O)CCCCCCN1CCC(OC(c2ccccc2)c2ccc(Cl)cc2)CC1. The van der Waals surface area contributed by atoms with E-state index in [2.05, 4.69) is 41.3 Å². The Morgan fingerprint density at radius 2 is 1.60 bits per heavy atom. The quantitative estimate of drug-likeness (QED) is 0.448. The van der Waals surface area contributed by atoms with Crippen LogP contribution in [0.2, 0.25) is 5.02 Å². The first kappa shape index (κ1) is 22.8. The fourth-order valence-corrected chi connectivity index (χ4v) is 4.17. The molecule has 5 heteroatoms. The smallest absolute Gasteiger partial charge is 0.303 e. The highest BCUT2D eigenvalue weighted by Crippen LogP contribution is 2.30. The Morgan fingerprint density at radius 3 is 2.27 bits per heavy atom. The Balaban J connectivity index is 1.47. The molecule has 30 heavy (non-hydrogen) atoms. The highest BCUT2D eigenvalue weighted by molar-refractivity contribution is 6.30. The van der Waals surface area contributed by atoms with Crippen LogP contribution in [0, 0.1) is 0 Å². The van der Waals surface area contributed by atoms with Crippen LogP contribution in [-0.4, -0.2) is 41.7 Å². The van der Waals surface area contributed by atoms with E-state index < -0.39 is 5.97 Å². The molecule has 1 heterocycles. The van der Waals surface area contributed by atoms with Gasteiger partial charge in [0.25, 0.3) is 0 Å². The number of nitrogens with zero attached hydrogens (tertiary/aromatic N) is 1. The lowest BCUT2D eigenvalue weighted by Gasteiger charge is -2.34. The van der Waals surface area contributed by atoms with Crippen molar-refractivity contribution in [2.24, 2.45) is 0 Å². The van der Waals surface area contributed by atoms with Gasteiger partial charge in [0.15, 0.2) is 0 Å². The van der Waals surface area contributed by atoms with Gasteiger partial charge in [-0.1, -0.05) is 66.9 Å². The first-order chi connectivity index (χ1) is 14.6. The van der Waals surface area contributed by atoms with Crippen LogP contribution >= 0.6 is 11.6 Å². The Hall–Kier alpha value is -1.88. The fraction of sp³-hybridized carbons (Fsp3) is 0.480. The van der Waals surface area contributed by atoms with Crippen molar-refractivity contribution in [3.63, 3.8) is 0 Å². The Bertz CT molecular complexity index is 758. The number of hydrogen-bond acceptors (Lipinski definition) is 3. The summed E-state index contributed by atoms with van der Waals surface area (Å²) < 4.78 is 6.61. The zero-order valence-corrected chi connectivity index (χ0v) is 18.3. The molecule has 162 valence electrons. The van der Waals surface area contributed by atoms with Gasteiger partial charge >= 0.3 is 5.97 Å². The maximum atomic E-state index is 10.6. The molecular weight excluding hydrogens is 398 g/mol. The Kier molecular flexibility index (Phi) is 9.19. The Labute approximate surface area is 184 Å². The molecule has 2 aromatic rings. The molecule has 3 rings (SSSR count). The minimum atomic E-state index is -0.690. The van der Waals surface area contributed by atoms with Crippen LogP contribution in [0.4, 0.5) is 0 Å². The van der Waals surface area contributed by atoms with Crippen LogP contribution in [0.15, 0.2) is 54.6 Å². The topological polar surface area (TPSA) is 49.8 Å². The first-order valence-electron chi connectivity index (χ1n) is 11.0. The second-order valence-corrected chi connectivity index (χ2v) is 8.51. The minimum absolute atomic E-state index is 0.0748. The summed E-state index contributed by atoms with van der Waals surface area (Å²) in [6.45, 7) is 3.21. The van der Waals surface area contributed by atoms with Gasteiger partial charge < -0.3 is 14.7 Å². The number of carbonyl (C=O) groups is 1. The maximum absolute atomic E-state index is 10.6. The van der Waals surface area contributed by atoms with E-state index in [1.54, 1.807) is 0 Å². The van der Waals surface area contributed by atoms with Crippen molar-refractivity contribution < 1.29 is 14.6 Å². The van der Waals surface area contributed by atoms with E-state index in [4.69, 9.17) is 21.4 Å². The van der Waals surface area contributed by atoms with Gasteiger partial charge in [0.2, 0.25) is 0 Å². The van der Waals surface area contributed by atoms with Gasteiger partial charge in [-0.05, 0) is 55.5 Å². The third-order valence-electron chi connectivity index (χ3n) is 5.75. The van der Waals surface area contributed by atoms with Crippen molar-refractivity contribution in [1.82, 2.24) is 4.90 Å². The number of piperidine rings is 1. The van der Waals surface area contributed by atoms with E-state index >= 15 is 0 Å². The highest BCUT2D eigenvalue weighted by Gasteiger charge is 2.24. The Morgan fingerprint density at radius 1 is 0.967 bits per heavy atom. The molecule has 0 saturated carbocycles. The summed E-state index contributed by atoms with van der Waals surface area (Å²) in [5, 5.41) is 9.43. The van der Waals surface area contributed by atoms with Gasteiger partial charge in [-0.25, -0.2) is 0 Å². The van der Waals surface area contributed by atoms with Crippen molar-refractivity contribution in [3.05, 3.63) is 70.7 Å². The maximum Gasteiger partial charge on any atom is 0.303 e. The molecule has 0 aromatic heterocycles. The molecule has 0 amide bonds. The van der Waals surface area contributed by atoms with E-state index in [9.17, 15) is 4.79 Å². The molecule has 1 aliphatic rings. The molecule has 1 aliphatic heterocycles. The summed E-state index contributed by atoms with van der Waals surface area (Å²) in [6.07, 6.45) is 6.58. The zero-order valence-electron chi connectivity index (χ0n) is 17.5. The molecule has 0 aliphatic carbocycles. The molecular formula is C25H32ClNO3. The normalized spacial score (nSPS) is 16.4. The number of likely N-dealkylation sites (tertiary alicyclic amines) is 1. The standard InChI is InChI=1S/C25H32ClNO3/c26-22-13-11-21(12-14-22)25(20-8-4-3-5-9-20)30-23-15-18-27(19-16-23)17-7-2-1-6-10-24(28)29/h3-5,8-9,11-14,23,25H,1-2,6-7,10,15-19H2,(H,28,29). The van der Waals surface area contributed by atoms with Crippen LogP contribution in [0.25, 0.3) is 0 Å². The number of hydrogen-bond donors (Lipinski definition) is 1. The molecule has 1 atom stereocenters. The van der Waals surface area contributed by atoms with Crippen molar-refractivity contribution in [3.8, 4) is 0 Å². The molecule has 4 nitrogen and oxygen atoms in total. The van der Waals surface area contributed by atoms with Crippen molar-refractivity contribution >= 4 is 17.6 Å². The second kappa shape index (κ2) is 12.1. The summed E-state index contributed by atoms with van der Waals surface area (Å²) in [7, 11) is 0. The van der Waals surface area contributed by atoms with Gasteiger partial charge in [-0.2, -0.15) is 0 Å². The summed E-state index contributed by atoms with van der Waals surface area (Å²) in [4.78, 5) is 13.1. The van der Waals surface area contributed by atoms with E-state index in [0.717, 1.165) is 68.7 Å². The second-order valence-electron chi connectivity index (χ2n) is 8.08. The van der Waals surface area contributed by atoms with Crippen LogP contribution in [0.3, 0.4) is 0 Å². The van der Waals surface area contributed by atoms with E-state index in [0.29, 0.717) is 6.42 Å². The minimum Gasteiger partial charge on any atom is -0.481 e. The summed E-state index contributed by atoms with van der Waals surface area (Å²) >= 11 is 6.08. The molecule has 1 fully saturated rings. The number of ether oxygens (including phenoxy) is 1. The highest BCUT2D eigenvalue weighted by atomic mass is 35.5. The monoisotopic (exact) mass is 429 g/mol. The number of rotatable bonds is 11. The van der Waals surface area contributed by atoms with Gasteiger partial charge in [-0.15, -0.1) is 0 Å². The third-order valence-corrected chi connectivity index (χ3v) is 6.01. The van der Waals surface area contributed by atoms with Crippen LogP contribution in [0.5, 0.6) is 0 Å². The van der Waals surface area contributed by atoms with Gasteiger partial charge in [0.1, 0.15) is 6.10 Å². The van der Waals surface area contributed by atoms with E-state index in [1.165, 1.54) is 5.56 Å². The predicted octanol–water partition coefficient (Wildman–Crippen LogP) is 5.95. The number of halogens is 1.